The summed E-state index contributed by atoms with van der Waals surface area (Å²) in [6.45, 7) is 1.72. The number of nitrogens with one attached hydrogen (secondary N) is 1. The van der Waals surface area contributed by atoms with Gasteiger partial charge in [-0.05, 0) is 37.5 Å². The van der Waals surface area contributed by atoms with Crippen LogP contribution in [0.5, 0.6) is 0 Å². The van der Waals surface area contributed by atoms with Crippen molar-refractivity contribution in [2.24, 2.45) is 0 Å². The van der Waals surface area contributed by atoms with Crippen molar-refractivity contribution in [1.29, 1.82) is 0 Å². The minimum absolute atomic E-state index is 0.301. The Morgan fingerprint density at radius 2 is 1.92 bits per heavy atom. The summed E-state index contributed by atoms with van der Waals surface area (Å²) in [6.07, 6.45) is 0.544. The molecule has 7 heteroatoms. The van der Waals surface area contributed by atoms with Crippen LogP contribution in [0, 0.1) is 0 Å². The molecular weight excluding hydrogens is 319 g/mol. The van der Waals surface area contributed by atoms with Crippen LogP contribution in [0.25, 0.3) is 0 Å². The van der Waals surface area contributed by atoms with E-state index in [0.29, 0.717) is 17.0 Å². The topological polar surface area (TPSA) is 54.9 Å². The van der Waals surface area contributed by atoms with Gasteiger partial charge >= 0.3 is 6.18 Å². The smallest absolute Gasteiger partial charge is 0.345 e. The van der Waals surface area contributed by atoms with Crippen LogP contribution in [0.3, 0.4) is 0 Å². The third-order valence-corrected chi connectivity index (χ3v) is 4.04. The van der Waals surface area contributed by atoms with Crippen molar-refractivity contribution in [3.63, 3.8) is 0 Å². The second kappa shape index (κ2) is 6.22. The van der Waals surface area contributed by atoms with Gasteiger partial charge in [-0.3, -0.25) is 4.79 Å². The van der Waals surface area contributed by atoms with Gasteiger partial charge < -0.3 is 5.32 Å². The number of carbonyl (C=O) groups is 1. The predicted octanol–water partition coefficient (Wildman–Crippen LogP) is 3.86. The summed E-state index contributed by atoms with van der Waals surface area (Å²) in [7, 11) is 0. The molecule has 0 radical (unpaired) electrons. The monoisotopic (exact) mass is 335 g/mol. The molecule has 1 atom stereocenters. The molecule has 1 aliphatic carbocycles. The van der Waals surface area contributed by atoms with Crippen molar-refractivity contribution < 1.29 is 18.0 Å². The van der Waals surface area contributed by atoms with Gasteiger partial charge in [-0.1, -0.05) is 12.1 Å². The molecule has 0 aliphatic heterocycles. The van der Waals surface area contributed by atoms with Crippen molar-refractivity contribution in [2.45, 2.75) is 37.9 Å². The van der Waals surface area contributed by atoms with E-state index < -0.39 is 17.8 Å². The van der Waals surface area contributed by atoms with Crippen LogP contribution < -0.4 is 5.32 Å². The average molecular weight is 335 g/mol. The molecule has 1 heterocycles. The number of carbonyl (C=O) groups excluding carboxylic acids is 1. The molecule has 2 aromatic rings. The Bertz CT molecular complexity index is 739. The first-order chi connectivity index (χ1) is 11.4. The van der Waals surface area contributed by atoms with Gasteiger partial charge in [0.2, 0.25) is 0 Å². The highest BCUT2D eigenvalue weighted by atomic mass is 19.4. The molecule has 0 spiro atoms. The van der Waals surface area contributed by atoms with Crippen LogP contribution in [-0.2, 0) is 6.18 Å². The van der Waals surface area contributed by atoms with Crippen LogP contribution in [0.2, 0.25) is 0 Å². The standard InChI is InChI=1S/C17H16F3N3O/c1-10(11-4-6-13(7-5-11)17(18,19)20)23-16(24)14-8-21-9-22-15(14)12-2-3-12/h4-10,12H,2-3H2,1H3,(H,23,24)/t10-/m1/s1. The fourth-order valence-electron chi connectivity index (χ4n) is 2.51. The fourth-order valence-corrected chi connectivity index (χ4v) is 2.51. The first-order valence-corrected chi connectivity index (χ1v) is 7.64. The Morgan fingerprint density at radius 3 is 2.50 bits per heavy atom. The summed E-state index contributed by atoms with van der Waals surface area (Å²) in [5, 5.41) is 2.79. The first kappa shape index (κ1) is 16.4. The minimum Gasteiger partial charge on any atom is -0.345 e. The normalized spacial score (nSPS) is 15.8. The van der Waals surface area contributed by atoms with E-state index in [0.717, 1.165) is 30.7 Å². The lowest BCUT2D eigenvalue weighted by Gasteiger charge is -2.16. The SMILES string of the molecule is C[C@@H](NC(=O)c1cncnc1C1CC1)c1ccc(C(F)(F)F)cc1. The number of hydrogen-bond donors (Lipinski definition) is 1. The summed E-state index contributed by atoms with van der Waals surface area (Å²) >= 11 is 0. The van der Waals surface area contributed by atoms with Crippen LogP contribution in [0.15, 0.2) is 36.8 Å². The van der Waals surface area contributed by atoms with E-state index in [2.05, 4.69) is 15.3 Å². The lowest BCUT2D eigenvalue weighted by atomic mass is 10.0. The number of amides is 1. The molecule has 24 heavy (non-hydrogen) atoms. The Kier molecular flexibility index (Phi) is 4.26. The summed E-state index contributed by atoms with van der Waals surface area (Å²) in [4.78, 5) is 20.5. The van der Waals surface area contributed by atoms with E-state index in [1.54, 1.807) is 6.92 Å². The largest absolute Gasteiger partial charge is 0.416 e. The highest BCUT2D eigenvalue weighted by Crippen LogP contribution is 2.40. The molecule has 0 saturated heterocycles. The molecule has 0 bridgehead atoms. The summed E-state index contributed by atoms with van der Waals surface area (Å²) < 4.78 is 37.8. The third-order valence-electron chi connectivity index (χ3n) is 4.04. The van der Waals surface area contributed by atoms with Gasteiger partial charge in [0.1, 0.15) is 6.33 Å². The lowest BCUT2D eigenvalue weighted by Crippen LogP contribution is -2.28. The third kappa shape index (κ3) is 3.55. The minimum atomic E-state index is -4.37. The van der Waals surface area contributed by atoms with Gasteiger partial charge in [0, 0.05) is 12.1 Å². The second-order valence-corrected chi connectivity index (χ2v) is 5.91. The number of halogens is 3. The molecule has 126 valence electrons. The summed E-state index contributed by atoms with van der Waals surface area (Å²) in [6, 6.07) is 4.35. The van der Waals surface area contributed by atoms with Gasteiger partial charge in [0.25, 0.3) is 5.91 Å². The molecule has 1 N–H and O–H groups in total. The van der Waals surface area contributed by atoms with Gasteiger partial charge in [0.05, 0.1) is 22.9 Å². The van der Waals surface area contributed by atoms with E-state index in [1.165, 1.54) is 24.7 Å². The second-order valence-electron chi connectivity index (χ2n) is 5.91. The van der Waals surface area contributed by atoms with Crippen LogP contribution in [0.1, 0.15) is 58.9 Å². The fraction of sp³-hybridized carbons (Fsp3) is 0.353. The van der Waals surface area contributed by atoms with Crippen LogP contribution in [0.4, 0.5) is 13.2 Å². The molecular formula is C17H16F3N3O. The maximum atomic E-state index is 12.6. The van der Waals surface area contributed by atoms with E-state index in [9.17, 15) is 18.0 Å². The number of aromatic nitrogens is 2. The lowest BCUT2D eigenvalue weighted by molar-refractivity contribution is -0.137. The Morgan fingerprint density at radius 1 is 1.25 bits per heavy atom. The van der Waals surface area contributed by atoms with Crippen molar-refractivity contribution >= 4 is 5.91 Å². The van der Waals surface area contributed by atoms with Crippen LogP contribution >= 0.6 is 0 Å². The van der Waals surface area contributed by atoms with E-state index >= 15 is 0 Å². The number of rotatable bonds is 4. The van der Waals surface area contributed by atoms with Crippen molar-refractivity contribution in [1.82, 2.24) is 15.3 Å². The van der Waals surface area contributed by atoms with Crippen LogP contribution in [-0.4, -0.2) is 15.9 Å². The quantitative estimate of drug-likeness (QED) is 0.923. The molecule has 3 rings (SSSR count). The maximum Gasteiger partial charge on any atom is 0.416 e. The predicted molar refractivity (Wildman–Crippen MR) is 81.3 cm³/mol. The van der Waals surface area contributed by atoms with Gasteiger partial charge in [0.15, 0.2) is 0 Å². The molecule has 1 aromatic carbocycles. The number of nitrogens with zero attached hydrogens (tertiary/aromatic N) is 2. The number of alkyl halides is 3. The highest BCUT2D eigenvalue weighted by Gasteiger charge is 2.31. The maximum absolute atomic E-state index is 12.6. The molecule has 1 fully saturated rings. The van der Waals surface area contributed by atoms with Crippen molar-refractivity contribution in [3.05, 3.63) is 59.2 Å². The molecule has 1 aliphatic rings. The Hall–Kier alpha value is -2.44. The molecule has 1 aromatic heterocycles. The van der Waals surface area contributed by atoms with Crippen molar-refractivity contribution in [3.8, 4) is 0 Å². The number of benzene rings is 1. The molecule has 1 amide bonds. The van der Waals surface area contributed by atoms with Gasteiger partial charge in [-0.25, -0.2) is 9.97 Å². The van der Waals surface area contributed by atoms with E-state index in [-0.39, 0.29) is 5.91 Å². The van der Waals surface area contributed by atoms with E-state index in [4.69, 9.17) is 0 Å². The Labute approximate surface area is 137 Å². The van der Waals surface area contributed by atoms with E-state index in [1.807, 2.05) is 0 Å². The number of hydrogen-bond acceptors (Lipinski definition) is 3. The molecule has 0 unspecified atom stereocenters. The zero-order chi connectivity index (χ0) is 17.3. The first-order valence-electron chi connectivity index (χ1n) is 7.64. The zero-order valence-electron chi connectivity index (χ0n) is 13.0. The molecule has 4 nitrogen and oxygen atoms in total. The average Bonchev–Trinajstić information content (AvgIpc) is 3.39. The zero-order valence-corrected chi connectivity index (χ0v) is 13.0. The van der Waals surface area contributed by atoms with Gasteiger partial charge in [-0.2, -0.15) is 13.2 Å². The van der Waals surface area contributed by atoms with Crippen molar-refractivity contribution in [2.75, 3.05) is 0 Å². The highest BCUT2D eigenvalue weighted by molar-refractivity contribution is 5.95. The Balaban J connectivity index is 1.73. The van der Waals surface area contributed by atoms with Gasteiger partial charge in [-0.15, -0.1) is 0 Å². The summed E-state index contributed by atoms with van der Waals surface area (Å²) in [5.74, 6) is -0.0139. The summed E-state index contributed by atoms with van der Waals surface area (Å²) in [5.41, 5.74) is 1.05. The molecule has 1 saturated carbocycles.